The van der Waals surface area contributed by atoms with Gasteiger partial charge in [0.05, 0.1) is 18.8 Å². The molecule has 2 saturated heterocycles. The highest BCUT2D eigenvalue weighted by molar-refractivity contribution is 5.15. The van der Waals surface area contributed by atoms with Gasteiger partial charge in [-0.15, -0.1) is 0 Å². The van der Waals surface area contributed by atoms with Crippen molar-refractivity contribution in [3.8, 4) is 0 Å². The molecule has 4 aliphatic carbocycles. The van der Waals surface area contributed by atoms with Crippen molar-refractivity contribution >= 4 is 0 Å². The highest BCUT2D eigenvalue weighted by Crippen LogP contribution is 2.71. The average Bonchev–Trinajstić information content (AvgIpc) is 3.16. The Morgan fingerprint density at radius 2 is 1.63 bits per heavy atom. The molecule has 170 valence electrons. The molecule has 3 nitrogen and oxygen atoms in total. The number of aliphatic hydroxyl groups is 1. The zero-order valence-corrected chi connectivity index (χ0v) is 19.7. The van der Waals surface area contributed by atoms with Gasteiger partial charge in [-0.2, -0.15) is 0 Å². The first-order chi connectivity index (χ1) is 14.3. The number of fused-ring (bicyclic) bond motifs is 7. The van der Waals surface area contributed by atoms with E-state index in [0.717, 1.165) is 49.5 Å². The second-order valence-electron chi connectivity index (χ2n) is 13.1. The molecule has 2 heterocycles. The van der Waals surface area contributed by atoms with E-state index in [2.05, 4.69) is 27.7 Å². The minimum absolute atomic E-state index is 0.0389. The van der Waals surface area contributed by atoms with Crippen LogP contribution in [0.3, 0.4) is 0 Å². The largest absolute Gasteiger partial charge is 0.393 e. The molecular formula is C27H44O3. The number of rotatable bonds is 0. The van der Waals surface area contributed by atoms with Gasteiger partial charge in [-0.3, -0.25) is 0 Å². The predicted molar refractivity (Wildman–Crippen MR) is 118 cm³/mol. The highest BCUT2D eigenvalue weighted by Gasteiger charge is 2.69. The molecule has 12 atom stereocenters. The molecule has 6 aliphatic rings. The third-order valence-electron chi connectivity index (χ3n) is 11.9. The number of aliphatic hydroxyl groups excluding tert-OH is 1. The van der Waals surface area contributed by atoms with E-state index in [1.807, 2.05) is 0 Å². The maximum Gasteiger partial charge on any atom is 0.171 e. The van der Waals surface area contributed by atoms with E-state index >= 15 is 0 Å². The molecule has 0 aromatic rings. The molecular weight excluding hydrogens is 372 g/mol. The topological polar surface area (TPSA) is 38.7 Å². The molecule has 0 radical (unpaired) electrons. The predicted octanol–water partition coefficient (Wildman–Crippen LogP) is 5.79. The maximum absolute atomic E-state index is 10.3. The van der Waals surface area contributed by atoms with Gasteiger partial charge in [-0.05, 0) is 104 Å². The zero-order valence-electron chi connectivity index (χ0n) is 19.7. The van der Waals surface area contributed by atoms with Crippen molar-refractivity contribution in [3.05, 3.63) is 0 Å². The molecule has 6 rings (SSSR count). The molecule has 0 aromatic heterocycles. The van der Waals surface area contributed by atoms with E-state index in [4.69, 9.17) is 9.47 Å². The van der Waals surface area contributed by atoms with Crippen molar-refractivity contribution in [2.24, 2.45) is 52.3 Å². The summed E-state index contributed by atoms with van der Waals surface area (Å²) in [4.78, 5) is 0. The van der Waals surface area contributed by atoms with Gasteiger partial charge in [0.15, 0.2) is 5.79 Å². The summed E-state index contributed by atoms with van der Waals surface area (Å²) in [5, 5.41) is 10.3. The smallest absolute Gasteiger partial charge is 0.171 e. The number of hydrogen-bond donors (Lipinski definition) is 1. The van der Waals surface area contributed by atoms with E-state index in [0.29, 0.717) is 34.7 Å². The van der Waals surface area contributed by atoms with Crippen LogP contribution < -0.4 is 0 Å². The Morgan fingerprint density at radius 3 is 2.40 bits per heavy atom. The van der Waals surface area contributed by atoms with Crippen molar-refractivity contribution in [1.82, 2.24) is 0 Å². The maximum atomic E-state index is 10.3. The summed E-state index contributed by atoms with van der Waals surface area (Å²) in [6, 6.07) is 0. The van der Waals surface area contributed by atoms with Crippen molar-refractivity contribution in [2.75, 3.05) is 6.61 Å². The van der Waals surface area contributed by atoms with Gasteiger partial charge in [0.1, 0.15) is 0 Å². The molecule has 2 aliphatic heterocycles. The van der Waals surface area contributed by atoms with Crippen LogP contribution in [0.5, 0.6) is 0 Å². The quantitative estimate of drug-likeness (QED) is 0.543. The van der Waals surface area contributed by atoms with Crippen molar-refractivity contribution in [2.45, 2.75) is 110 Å². The first-order valence-electron chi connectivity index (χ1n) is 13.3. The summed E-state index contributed by atoms with van der Waals surface area (Å²) in [5.41, 5.74) is 0.899. The summed E-state index contributed by atoms with van der Waals surface area (Å²) in [6.07, 6.45) is 12.9. The van der Waals surface area contributed by atoms with Gasteiger partial charge in [0, 0.05) is 12.3 Å². The van der Waals surface area contributed by atoms with Crippen molar-refractivity contribution < 1.29 is 14.6 Å². The fourth-order valence-corrected chi connectivity index (χ4v) is 10.3. The van der Waals surface area contributed by atoms with Gasteiger partial charge in [-0.25, -0.2) is 0 Å². The molecule has 0 amide bonds. The van der Waals surface area contributed by atoms with Crippen molar-refractivity contribution in [1.29, 1.82) is 0 Å². The number of hydrogen-bond acceptors (Lipinski definition) is 3. The first kappa shape index (κ1) is 20.5. The third-order valence-corrected chi connectivity index (χ3v) is 11.9. The Kier molecular flexibility index (Phi) is 4.58. The monoisotopic (exact) mass is 416 g/mol. The van der Waals surface area contributed by atoms with Crippen LogP contribution in [-0.4, -0.2) is 29.7 Å². The van der Waals surface area contributed by atoms with Crippen LogP contribution in [0.1, 0.15) is 91.9 Å². The lowest BCUT2D eigenvalue weighted by Crippen LogP contribution is -2.55. The second-order valence-corrected chi connectivity index (χ2v) is 13.1. The van der Waals surface area contributed by atoms with Crippen LogP contribution in [0, 0.1) is 52.3 Å². The molecule has 30 heavy (non-hydrogen) atoms. The SMILES string of the molecule is C[C@@H]1CC[C@@]2(OC1)O[C@H]1C[C@H]3[C@H]4CC[C@@H]5C[C@@H](O)CC[C@]5(C)[C@H]4CC[C@]3(C)[C@H]1[C@@H]2C. The molecule has 0 unspecified atom stereocenters. The number of ether oxygens (including phenoxy) is 2. The second kappa shape index (κ2) is 6.70. The van der Waals surface area contributed by atoms with Crippen LogP contribution in [0.25, 0.3) is 0 Å². The minimum atomic E-state index is -0.282. The van der Waals surface area contributed by atoms with E-state index in [-0.39, 0.29) is 11.9 Å². The Balaban J connectivity index is 1.26. The van der Waals surface area contributed by atoms with Gasteiger partial charge in [0.25, 0.3) is 0 Å². The van der Waals surface area contributed by atoms with Gasteiger partial charge < -0.3 is 14.6 Å². The Bertz CT molecular complexity index is 684. The first-order valence-corrected chi connectivity index (χ1v) is 13.3. The van der Waals surface area contributed by atoms with Crippen LogP contribution >= 0.6 is 0 Å². The minimum Gasteiger partial charge on any atom is -0.393 e. The third kappa shape index (κ3) is 2.61. The summed E-state index contributed by atoms with van der Waals surface area (Å²) < 4.78 is 13.4. The molecule has 0 bridgehead atoms. The van der Waals surface area contributed by atoms with Gasteiger partial charge in [0.2, 0.25) is 0 Å². The molecule has 1 N–H and O–H groups in total. The van der Waals surface area contributed by atoms with E-state index in [9.17, 15) is 5.11 Å². The Morgan fingerprint density at radius 1 is 0.833 bits per heavy atom. The van der Waals surface area contributed by atoms with Crippen LogP contribution in [0.4, 0.5) is 0 Å². The lowest BCUT2D eigenvalue weighted by atomic mass is 9.44. The average molecular weight is 417 g/mol. The molecule has 0 aromatic carbocycles. The van der Waals surface area contributed by atoms with E-state index in [1.54, 1.807) is 0 Å². The highest BCUT2D eigenvalue weighted by atomic mass is 16.7. The lowest BCUT2D eigenvalue weighted by molar-refractivity contribution is -0.273. The summed E-state index contributed by atoms with van der Waals surface area (Å²) in [6.45, 7) is 10.9. The summed E-state index contributed by atoms with van der Waals surface area (Å²) >= 11 is 0. The zero-order chi connectivity index (χ0) is 20.9. The van der Waals surface area contributed by atoms with E-state index < -0.39 is 0 Å². The normalized spacial score (nSPS) is 62.5. The standard InChI is InChI=1S/C27H44O3/c1-16-7-12-27(29-15-16)17(2)24-23(30-27)14-22-20-6-5-18-13-19(28)8-10-25(18,3)21(20)9-11-26(22,24)4/h16-24,28H,5-15H2,1-4H3/t16-,17+,18-,19+,20+,21+,22+,23+,24+,25+,26+,27-/m1/s1. The van der Waals surface area contributed by atoms with Crippen LogP contribution in [-0.2, 0) is 9.47 Å². The molecule has 3 heteroatoms. The van der Waals surface area contributed by atoms with Gasteiger partial charge >= 0.3 is 0 Å². The molecule has 4 saturated carbocycles. The van der Waals surface area contributed by atoms with Crippen LogP contribution in [0.15, 0.2) is 0 Å². The molecule has 1 spiro atoms. The molecule has 6 fully saturated rings. The van der Waals surface area contributed by atoms with Crippen LogP contribution in [0.2, 0.25) is 0 Å². The lowest BCUT2D eigenvalue weighted by Gasteiger charge is -2.61. The summed E-state index contributed by atoms with van der Waals surface area (Å²) in [5.74, 6) is 4.93. The van der Waals surface area contributed by atoms with Gasteiger partial charge in [-0.1, -0.05) is 27.7 Å². The van der Waals surface area contributed by atoms with E-state index in [1.165, 1.54) is 44.9 Å². The fourth-order valence-electron chi connectivity index (χ4n) is 10.3. The fraction of sp³-hybridized carbons (Fsp3) is 1.00. The summed E-state index contributed by atoms with van der Waals surface area (Å²) in [7, 11) is 0. The Labute approximate surface area is 183 Å². The Hall–Kier alpha value is -0.120. The van der Waals surface area contributed by atoms with Crippen molar-refractivity contribution in [3.63, 3.8) is 0 Å².